The van der Waals surface area contributed by atoms with Gasteiger partial charge in [-0.2, -0.15) is 0 Å². The monoisotopic (exact) mass is 149 g/mol. The highest BCUT2D eigenvalue weighted by atomic mass is 33.1. The molecule has 0 nitrogen and oxygen atoms in total. The summed E-state index contributed by atoms with van der Waals surface area (Å²) in [5.74, 6) is 2.11. The van der Waals surface area contributed by atoms with Gasteiger partial charge in [-0.1, -0.05) is 49.3 Å². The minimum Gasteiger partial charge on any atom is -0.0893 e. The Bertz CT molecular complexity index is 54.0. The molecule has 0 spiro atoms. The van der Waals surface area contributed by atoms with Crippen molar-refractivity contribution in [1.82, 2.24) is 0 Å². The minimum absolute atomic E-state index is 0.400. The van der Waals surface area contributed by atoms with Crippen LogP contribution in [0.3, 0.4) is 0 Å². The van der Waals surface area contributed by atoms with Gasteiger partial charge in [0.1, 0.15) is 0 Å². The van der Waals surface area contributed by atoms with Gasteiger partial charge in [-0.05, 0) is 0 Å². The minimum atomic E-state index is 0.400. The maximum Gasteiger partial charge on any atom is 0.0248 e. The Balaban J connectivity index is 3.11. The molecule has 0 aromatic carbocycles. The van der Waals surface area contributed by atoms with Crippen LogP contribution >= 0.6 is 21.6 Å². The normalized spacial score (nSPS) is 12.0. The smallest absolute Gasteiger partial charge is 0.0248 e. The molecule has 2 heteroatoms. The van der Waals surface area contributed by atoms with Crippen LogP contribution in [0.4, 0.5) is 0 Å². The average Bonchev–Trinajstić information content (AvgIpc) is 1.59. The quantitative estimate of drug-likeness (QED) is 0.552. The predicted molar refractivity (Wildman–Crippen MR) is 44.9 cm³/mol. The third-order valence-electron chi connectivity index (χ3n) is 0.394. The third kappa shape index (κ3) is 6.70. The van der Waals surface area contributed by atoms with Crippen molar-refractivity contribution in [1.29, 1.82) is 0 Å². The molecule has 0 N–H and O–H groups in total. The van der Waals surface area contributed by atoms with Gasteiger partial charge < -0.3 is 0 Å². The van der Waals surface area contributed by atoms with Crippen molar-refractivity contribution in [3.05, 3.63) is 5.75 Å². The van der Waals surface area contributed by atoms with Crippen LogP contribution in [-0.4, -0.2) is 4.75 Å². The molecule has 0 saturated heterocycles. The molecule has 0 fully saturated rings. The van der Waals surface area contributed by atoms with Gasteiger partial charge in [0, 0.05) is 10.5 Å². The van der Waals surface area contributed by atoms with Gasteiger partial charge in [-0.15, -0.1) is 0 Å². The van der Waals surface area contributed by atoms with Crippen LogP contribution in [-0.2, 0) is 0 Å². The van der Waals surface area contributed by atoms with Crippen molar-refractivity contribution in [2.45, 2.75) is 32.4 Å². The van der Waals surface area contributed by atoms with Crippen molar-refractivity contribution in [2.75, 3.05) is 0 Å². The molecule has 0 saturated carbocycles. The molecule has 0 aliphatic carbocycles. The van der Waals surface area contributed by atoms with E-state index in [4.69, 9.17) is 0 Å². The number of rotatable bonds is 2. The molecule has 0 bridgehead atoms. The molecule has 0 aliphatic heterocycles. The lowest BCUT2D eigenvalue weighted by atomic mass is 10.3. The highest BCUT2D eigenvalue weighted by Gasteiger charge is 2.09. The van der Waals surface area contributed by atoms with Crippen molar-refractivity contribution < 1.29 is 0 Å². The van der Waals surface area contributed by atoms with Gasteiger partial charge in [0.25, 0.3) is 0 Å². The van der Waals surface area contributed by atoms with Gasteiger partial charge in [0.2, 0.25) is 0 Å². The summed E-state index contributed by atoms with van der Waals surface area (Å²) in [4.78, 5) is 0. The third-order valence-corrected chi connectivity index (χ3v) is 3.55. The van der Waals surface area contributed by atoms with E-state index in [0.29, 0.717) is 4.75 Å². The maximum atomic E-state index is 2.22. The first kappa shape index (κ1) is 8.70. The van der Waals surface area contributed by atoms with Crippen molar-refractivity contribution in [3.63, 3.8) is 0 Å². The fourth-order valence-corrected chi connectivity index (χ4v) is 1.73. The fraction of sp³-hybridized carbons (Fsp3) is 0.833. The molecule has 0 atom stereocenters. The van der Waals surface area contributed by atoms with Crippen LogP contribution in [0.5, 0.6) is 0 Å². The molecule has 49 valence electrons. The lowest BCUT2D eigenvalue weighted by Crippen LogP contribution is -2.03. The Kier molecular flexibility index (Phi) is 4.00. The summed E-state index contributed by atoms with van der Waals surface area (Å²) < 4.78 is 0.400. The predicted octanol–water partition coefficient (Wildman–Crippen LogP) is 3.35. The zero-order valence-corrected chi connectivity index (χ0v) is 7.53. The van der Waals surface area contributed by atoms with Crippen molar-refractivity contribution in [2.24, 2.45) is 0 Å². The summed E-state index contributed by atoms with van der Waals surface area (Å²) in [7, 11) is 3.70. The summed E-state index contributed by atoms with van der Waals surface area (Å²) in [5, 5.41) is 0. The number of hydrogen-bond donors (Lipinski definition) is 0. The van der Waals surface area contributed by atoms with Crippen LogP contribution in [0.25, 0.3) is 0 Å². The molecule has 0 rings (SSSR count). The van der Waals surface area contributed by atoms with E-state index in [0.717, 1.165) is 0 Å². The largest absolute Gasteiger partial charge is 0.0893 e. The zero-order valence-electron chi connectivity index (χ0n) is 5.89. The lowest BCUT2D eigenvalue weighted by molar-refractivity contribution is 0.810. The van der Waals surface area contributed by atoms with Gasteiger partial charge in [-0.25, -0.2) is 0 Å². The molecule has 0 heterocycles. The topological polar surface area (TPSA) is 0 Å². The number of hydrogen-bond acceptors (Lipinski definition) is 2. The zero-order chi connectivity index (χ0) is 6.62. The van der Waals surface area contributed by atoms with Crippen LogP contribution in [0.15, 0.2) is 0 Å². The van der Waals surface area contributed by atoms with E-state index in [1.165, 1.54) is 0 Å². The van der Waals surface area contributed by atoms with Crippen LogP contribution in [0.2, 0.25) is 0 Å². The molecule has 0 aliphatic rings. The first-order valence-corrected chi connectivity index (χ1v) is 4.90. The second-order valence-electron chi connectivity index (χ2n) is 2.53. The molecule has 1 radical (unpaired) electrons. The lowest BCUT2D eigenvalue weighted by Gasteiger charge is -2.14. The fourth-order valence-electron chi connectivity index (χ4n) is 0.192. The summed E-state index contributed by atoms with van der Waals surface area (Å²) in [6.45, 7) is 8.71. The first-order chi connectivity index (χ1) is 3.56. The van der Waals surface area contributed by atoms with Crippen molar-refractivity contribution >= 4 is 21.6 Å². The van der Waals surface area contributed by atoms with E-state index in [9.17, 15) is 0 Å². The first-order valence-electron chi connectivity index (χ1n) is 2.68. The van der Waals surface area contributed by atoms with Crippen LogP contribution < -0.4 is 0 Å². The van der Waals surface area contributed by atoms with Crippen LogP contribution in [0, 0.1) is 5.75 Å². The molecule has 0 amide bonds. The highest BCUT2D eigenvalue weighted by Crippen LogP contribution is 2.35. The van der Waals surface area contributed by atoms with E-state index < -0.39 is 0 Å². The Morgan fingerprint density at radius 1 is 1.25 bits per heavy atom. The molecule has 0 unspecified atom stereocenters. The SMILES string of the molecule is C[CH]SSC(C)(C)C. The Labute approximate surface area is 60.2 Å². The van der Waals surface area contributed by atoms with E-state index in [2.05, 4.69) is 33.4 Å². The Morgan fingerprint density at radius 2 is 1.75 bits per heavy atom. The van der Waals surface area contributed by atoms with Crippen molar-refractivity contribution in [3.8, 4) is 0 Å². The van der Waals surface area contributed by atoms with Gasteiger partial charge >= 0.3 is 0 Å². The Hall–Kier alpha value is 0.700. The second-order valence-corrected chi connectivity index (χ2v) is 5.66. The maximum absolute atomic E-state index is 2.22. The molecular formula is C6H13S2. The van der Waals surface area contributed by atoms with Gasteiger partial charge in [0.15, 0.2) is 0 Å². The average molecular weight is 149 g/mol. The molecule has 0 aromatic heterocycles. The second kappa shape index (κ2) is 3.67. The van der Waals surface area contributed by atoms with E-state index in [1.807, 2.05) is 10.8 Å². The van der Waals surface area contributed by atoms with Gasteiger partial charge in [-0.3, -0.25) is 0 Å². The standard InChI is InChI=1S/C6H13S2/c1-5-7-8-6(2,3)4/h5H,1-4H3. The van der Waals surface area contributed by atoms with Gasteiger partial charge in [0.05, 0.1) is 0 Å². The summed E-state index contributed by atoms with van der Waals surface area (Å²) in [5.41, 5.74) is 0. The van der Waals surface area contributed by atoms with Crippen LogP contribution in [0.1, 0.15) is 27.7 Å². The highest BCUT2D eigenvalue weighted by molar-refractivity contribution is 8.77. The van der Waals surface area contributed by atoms with E-state index in [1.54, 1.807) is 10.8 Å². The summed E-state index contributed by atoms with van der Waals surface area (Å²) >= 11 is 0. The molecule has 8 heavy (non-hydrogen) atoms. The summed E-state index contributed by atoms with van der Waals surface area (Å²) in [6.07, 6.45) is 0. The van der Waals surface area contributed by atoms with E-state index in [-0.39, 0.29) is 0 Å². The van der Waals surface area contributed by atoms with E-state index >= 15 is 0 Å². The molecular weight excluding hydrogens is 136 g/mol. The molecule has 0 aromatic rings. The Morgan fingerprint density at radius 3 is 1.88 bits per heavy atom. The summed E-state index contributed by atoms with van der Waals surface area (Å²) in [6, 6.07) is 0.